The zero-order valence-corrected chi connectivity index (χ0v) is 16.7. The fraction of sp³-hybridized carbons (Fsp3) is 0.421. The minimum absolute atomic E-state index is 0.218. The first-order chi connectivity index (χ1) is 14.8. The van der Waals surface area contributed by atoms with E-state index in [-0.39, 0.29) is 6.79 Å². The Kier molecular flexibility index (Phi) is 8.45. The number of hydrogen-bond acceptors (Lipinski definition) is 11. The van der Waals surface area contributed by atoms with Gasteiger partial charge in [-0.15, -0.1) is 6.58 Å². The first-order valence-corrected chi connectivity index (χ1v) is 9.65. The Bertz CT molecular complexity index is 821. The fourth-order valence-corrected chi connectivity index (χ4v) is 2.50. The first-order valence-electron chi connectivity index (χ1n) is 9.65. The molecular formula is C19H27N7O4. The number of benzene rings is 1. The lowest BCUT2D eigenvalue weighted by Gasteiger charge is -2.11. The average molecular weight is 417 g/mol. The minimum Gasteiger partial charge on any atom is -0.454 e. The summed E-state index contributed by atoms with van der Waals surface area (Å²) in [5.74, 6) is 2.61. The van der Waals surface area contributed by atoms with Crippen molar-refractivity contribution in [2.45, 2.75) is 0 Å². The van der Waals surface area contributed by atoms with Crippen molar-refractivity contribution in [1.29, 1.82) is 0 Å². The molecule has 1 aliphatic heterocycles. The van der Waals surface area contributed by atoms with Crippen molar-refractivity contribution in [3.63, 3.8) is 0 Å². The minimum atomic E-state index is 0.218. The lowest BCUT2D eigenvalue weighted by Crippen LogP contribution is -2.17. The van der Waals surface area contributed by atoms with Crippen molar-refractivity contribution in [2.75, 3.05) is 68.8 Å². The summed E-state index contributed by atoms with van der Waals surface area (Å²) in [4.78, 5) is 13.2. The molecule has 0 saturated carbocycles. The van der Waals surface area contributed by atoms with Gasteiger partial charge in [0.1, 0.15) is 0 Å². The van der Waals surface area contributed by atoms with E-state index in [1.807, 2.05) is 18.2 Å². The van der Waals surface area contributed by atoms with Gasteiger partial charge in [0.25, 0.3) is 0 Å². The third kappa shape index (κ3) is 6.72. The Balaban J connectivity index is 1.57. The van der Waals surface area contributed by atoms with Crippen LogP contribution in [0.2, 0.25) is 0 Å². The van der Waals surface area contributed by atoms with E-state index in [0.29, 0.717) is 75.4 Å². The maximum atomic E-state index is 5.50. The topological polar surface area (TPSA) is 138 Å². The Hall–Kier alpha value is -3.15. The third-order valence-electron chi connectivity index (χ3n) is 3.83. The molecule has 162 valence electrons. The van der Waals surface area contributed by atoms with Crippen LogP contribution in [0.25, 0.3) is 0 Å². The van der Waals surface area contributed by atoms with E-state index in [1.165, 1.54) is 0 Å². The van der Waals surface area contributed by atoms with Crippen molar-refractivity contribution >= 4 is 23.5 Å². The number of nitrogens with one attached hydrogen (secondary N) is 3. The van der Waals surface area contributed by atoms with Gasteiger partial charge in [0.2, 0.25) is 24.6 Å². The highest BCUT2D eigenvalue weighted by Crippen LogP contribution is 2.34. The SMILES string of the molecule is C=CCNc1nc(NCCOCCOCCN)nc(Nc2ccc3c(c2)OCO3)n1. The highest BCUT2D eigenvalue weighted by atomic mass is 16.7. The Morgan fingerprint density at radius 2 is 1.70 bits per heavy atom. The van der Waals surface area contributed by atoms with Crippen LogP contribution in [0.5, 0.6) is 11.5 Å². The molecule has 30 heavy (non-hydrogen) atoms. The molecule has 0 radical (unpaired) electrons. The summed E-state index contributed by atoms with van der Waals surface area (Å²) in [7, 11) is 0. The van der Waals surface area contributed by atoms with Gasteiger partial charge in [-0.2, -0.15) is 15.0 Å². The number of hydrogen-bond donors (Lipinski definition) is 4. The molecule has 0 aliphatic carbocycles. The van der Waals surface area contributed by atoms with E-state index in [4.69, 9.17) is 24.7 Å². The molecule has 1 aromatic heterocycles. The van der Waals surface area contributed by atoms with Crippen LogP contribution in [0, 0.1) is 0 Å². The summed E-state index contributed by atoms with van der Waals surface area (Å²) in [6, 6.07) is 5.52. The molecule has 0 atom stereocenters. The zero-order valence-electron chi connectivity index (χ0n) is 16.7. The van der Waals surface area contributed by atoms with Crippen molar-refractivity contribution < 1.29 is 18.9 Å². The van der Waals surface area contributed by atoms with E-state index < -0.39 is 0 Å². The van der Waals surface area contributed by atoms with Crippen LogP contribution < -0.4 is 31.2 Å². The number of aromatic nitrogens is 3. The number of ether oxygens (including phenoxy) is 4. The van der Waals surface area contributed by atoms with Crippen molar-refractivity contribution in [1.82, 2.24) is 15.0 Å². The maximum absolute atomic E-state index is 5.50. The second-order valence-corrected chi connectivity index (χ2v) is 6.11. The van der Waals surface area contributed by atoms with Gasteiger partial charge < -0.3 is 40.6 Å². The summed E-state index contributed by atoms with van der Waals surface area (Å²) in [5, 5.41) is 9.36. The molecule has 0 saturated heterocycles. The molecular weight excluding hydrogens is 390 g/mol. The van der Waals surface area contributed by atoms with E-state index in [2.05, 4.69) is 37.5 Å². The molecule has 0 unspecified atom stereocenters. The lowest BCUT2D eigenvalue weighted by atomic mass is 10.3. The van der Waals surface area contributed by atoms with Crippen LogP contribution in [0.3, 0.4) is 0 Å². The van der Waals surface area contributed by atoms with Gasteiger partial charge in [-0.1, -0.05) is 6.08 Å². The summed E-state index contributed by atoms with van der Waals surface area (Å²) < 4.78 is 21.5. The van der Waals surface area contributed by atoms with Crippen molar-refractivity contribution in [3.05, 3.63) is 30.9 Å². The molecule has 11 heteroatoms. The van der Waals surface area contributed by atoms with E-state index in [9.17, 15) is 0 Å². The van der Waals surface area contributed by atoms with Gasteiger partial charge >= 0.3 is 0 Å². The number of rotatable bonds is 14. The van der Waals surface area contributed by atoms with Crippen molar-refractivity contribution in [3.8, 4) is 11.5 Å². The summed E-state index contributed by atoms with van der Waals surface area (Å²) in [5.41, 5.74) is 6.13. The predicted molar refractivity (Wildman–Crippen MR) is 114 cm³/mol. The summed E-state index contributed by atoms with van der Waals surface area (Å²) in [6.45, 7) is 7.51. The smallest absolute Gasteiger partial charge is 0.233 e. The monoisotopic (exact) mass is 417 g/mol. The quantitative estimate of drug-likeness (QED) is 0.262. The fourth-order valence-electron chi connectivity index (χ4n) is 2.50. The van der Waals surface area contributed by atoms with E-state index in [1.54, 1.807) is 6.08 Å². The molecule has 0 amide bonds. The van der Waals surface area contributed by atoms with Crippen LogP contribution in [0.15, 0.2) is 30.9 Å². The molecule has 5 N–H and O–H groups in total. The zero-order chi connectivity index (χ0) is 21.0. The second kappa shape index (κ2) is 11.8. The van der Waals surface area contributed by atoms with Crippen LogP contribution in [0.4, 0.5) is 23.5 Å². The molecule has 0 bridgehead atoms. The molecule has 3 rings (SSSR count). The molecule has 0 spiro atoms. The van der Waals surface area contributed by atoms with Gasteiger partial charge in [-0.25, -0.2) is 0 Å². The second-order valence-electron chi connectivity index (χ2n) is 6.11. The molecule has 2 aromatic rings. The highest BCUT2D eigenvalue weighted by Gasteiger charge is 2.14. The van der Waals surface area contributed by atoms with Crippen LogP contribution in [-0.2, 0) is 9.47 Å². The van der Waals surface area contributed by atoms with Gasteiger partial charge in [-0.05, 0) is 12.1 Å². The standard InChI is InChI=1S/C19H27N7O4/c1-2-6-21-17-24-18(22-7-9-28-11-10-27-8-5-20)26-19(25-17)23-14-3-4-15-16(12-14)30-13-29-15/h2-4,12H,1,5-11,13,20H2,(H3,21,22,23,24,25,26). The van der Waals surface area contributed by atoms with Crippen LogP contribution >= 0.6 is 0 Å². The van der Waals surface area contributed by atoms with Gasteiger partial charge in [-0.3, -0.25) is 0 Å². The van der Waals surface area contributed by atoms with Gasteiger partial charge in [0, 0.05) is 31.4 Å². The molecule has 2 heterocycles. The number of nitrogens with two attached hydrogens (primary N) is 1. The highest BCUT2D eigenvalue weighted by molar-refractivity contribution is 5.61. The predicted octanol–water partition coefficient (Wildman–Crippen LogP) is 1.35. The van der Waals surface area contributed by atoms with E-state index in [0.717, 1.165) is 5.69 Å². The molecule has 1 aliphatic rings. The Morgan fingerprint density at radius 1 is 0.967 bits per heavy atom. The van der Waals surface area contributed by atoms with E-state index >= 15 is 0 Å². The van der Waals surface area contributed by atoms with Gasteiger partial charge in [0.05, 0.1) is 26.4 Å². The van der Waals surface area contributed by atoms with Crippen LogP contribution in [-0.4, -0.2) is 67.8 Å². The summed E-state index contributed by atoms with van der Waals surface area (Å²) >= 11 is 0. The van der Waals surface area contributed by atoms with Crippen molar-refractivity contribution in [2.24, 2.45) is 5.73 Å². The number of nitrogens with zero attached hydrogens (tertiary/aromatic N) is 3. The number of anilines is 4. The summed E-state index contributed by atoms with van der Waals surface area (Å²) in [6.07, 6.45) is 1.72. The largest absolute Gasteiger partial charge is 0.454 e. The molecule has 1 aromatic carbocycles. The number of fused-ring (bicyclic) bond motifs is 1. The normalized spacial score (nSPS) is 11.9. The molecule has 0 fully saturated rings. The Labute approximate surface area is 175 Å². The maximum Gasteiger partial charge on any atom is 0.233 e. The molecule has 11 nitrogen and oxygen atoms in total. The van der Waals surface area contributed by atoms with Gasteiger partial charge in [0.15, 0.2) is 11.5 Å². The lowest BCUT2D eigenvalue weighted by molar-refractivity contribution is 0.0547. The first kappa shape index (κ1) is 21.6. The third-order valence-corrected chi connectivity index (χ3v) is 3.83. The average Bonchev–Trinajstić information content (AvgIpc) is 3.22. The Morgan fingerprint density at radius 3 is 2.50 bits per heavy atom. The van der Waals surface area contributed by atoms with Crippen LogP contribution in [0.1, 0.15) is 0 Å².